The van der Waals surface area contributed by atoms with Crippen LogP contribution in [0.15, 0.2) is 40.9 Å². The normalized spacial score (nSPS) is 12.2. The summed E-state index contributed by atoms with van der Waals surface area (Å²) in [6.07, 6.45) is 0.656. The topological polar surface area (TPSA) is 12.0 Å². The minimum Gasteiger partial charge on any atom is -0.376 e. The van der Waals surface area contributed by atoms with E-state index in [1.54, 1.807) is 12.1 Å². The highest BCUT2D eigenvalue weighted by Crippen LogP contribution is 2.28. The first-order valence-corrected chi connectivity index (χ1v) is 6.97. The molecule has 2 aromatic carbocycles. The van der Waals surface area contributed by atoms with Crippen LogP contribution in [0.3, 0.4) is 0 Å². The molecule has 5 heteroatoms. The highest BCUT2D eigenvalue weighted by atomic mass is 79.9. The van der Waals surface area contributed by atoms with Crippen LogP contribution < -0.4 is 5.32 Å². The fourth-order valence-corrected chi connectivity index (χ4v) is 2.25. The Labute approximate surface area is 123 Å². The Morgan fingerprint density at radius 2 is 1.70 bits per heavy atom. The Hall–Kier alpha value is -1.49. The van der Waals surface area contributed by atoms with Crippen LogP contribution in [0.1, 0.15) is 24.9 Å². The Bertz CT molecular complexity index is 599. The average Bonchev–Trinajstić information content (AvgIpc) is 2.42. The molecule has 0 heterocycles. The fraction of sp³-hybridized carbons (Fsp3) is 0.200. The number of halogens is 4. The molecule has 1 nitrogen and oxygen atoms in total. The molecule has 1 unspecified atom stereocenters. The van der Waals surface area contributed by atoms with Gasteiger partial charge in [-0.1, -0.05) is 19.1 Å². The zero-order valence-corrected chi connectivity index (χ0v) is 12.3. The van der Waals surface area contributed by atoms with Crippen molar-refractivity contribution in [2.75, 3.05) is 5.32 Å². The summed E-state index contributed by atoms with van der Waals surface area (Å²) in [5, 5.41) is 2.94. The number of benzene rings is 2. The predicted molar refractivity (Wildman–Crippen MR) is 77.1 cm³/mol. The van der Waals surface area contributed by atoms with Gasteiger partial charge in [0.2, 0.25) is 0 Å². The molecule has 0 fully saturated rings. The third-order valence-electron chi connectivity index (χ3n) is 3.02. The molecule has 0 amide bonds. The SMILES string of the molecule is CCC(Nc1cc(F)c(Br)cc1F)c1ccc(F)cc1. The predicted octanol–water partition coefficient (Wildman–Crippen LogP) is 5.43. The summed E-state index contributed by atoms with van der Waals surface area (Å²) >= 11 is 2.93. The van der Waals surface area contributed by atoms with Crippen LogP contribution in [0.25, 0.3) is 0 Å². The first kappa shape index (κ1) is 14.9. The molecule has 2 rings (SSSR count). The van der Waals surface area contributed by atoms with Crippen molar-refractivity contribution >= 4 is 21.6 Å². The van der Waals surface area contributed by atoms with E-state index in [1.807, 2.05) is 6.92 Å². The summed E-state index contributed by atoms with van der Waals surface area (Å²) in [5.74, 6) is -1.41. The maximum absolute atomic E-state index is 13.8. The molecule has 0 aliphatic carbocycles. The van der Waals surface area contributed by atoms with Gasteiger partial charge in [0.05, 0.1) is 16.2 Å². The number of nitrogens with one attached hydrogen (secondary N) is 1. The zero-order valence-electron chi connectivity index (χ0n) is 10.8. The minimum absolute atomic E-state index is 0.0791. The second kappa shape index (κ2) is 6.31. The summed E-state index contributed by atoms with van der Waals surface area (Å²) in [5.41, 5.74) is 0.901. The van der Waals surface area contributed by atoms with Crippen molar-refractivity contribution in [3.8, 4) is 0 Å². The van der Waals surface area contributed by atoms with Gasteiger partial charge in [-0.3, -0.25) is 0 Å². The third-order valence-corrected chi connectivity index (χ3v) is 3.63. The Morgan fingerprint density at radius 1 is 1.05 bits per heavy atom. The quantitative estimate of drug-likeness (QED) is 0.730. The van der Waals surface area contributed by atoms with Gasteiger partial charge < -0.3 is 5.32 Å². The standard InChI is InChI=1S/C15H13BrF3N/c1-2-14(9-3-5-10(17)6-4-9)20-15-8-12(18)11(16)7-13(15)19/h3-8,14,20H,2H2,1H3. The zero-order chi connectivity index (χ0) is 14.7. The van der Waals surface area contributed by atoms with Gasteiger partial charge in [0, 0.05) is 6.07 Å². The summed E-state index contributed by atoms with van der Waals surface area (Å²) in [4.78, 5) is 0. The van der Waals surface area contributed by atoms with Gasteiger partial charge in [0.25, 0.3) is 0 Å². The van der Waals surface area contributed by atoms with Crippen LogP contribution in [-0.2, 0) is 0 Å². The summed E-state index contributed by atoms with van der Waals surface area (Å²) < 4.78 is 40.2. The van der Waals surface area contributed by atoms with E-state index in [0.717, 1.165) is 17.7 Å². The van der Waals surface area contributed by atoms with E-state index in [0.29, 0.717) is 6.42 Å². The van der Waals surface area contributed by atoms with Crippen molar-refractivity contribution in [2.45, 2.75) is 19.4 Å². The van der Waals surface area contributed by atoms with Crippen molar-refractivity contribution in [3.05, 3.63) is 63.9 Å². The number of hydrogen-bond donors (Lipinski definition) is 1. The lowest BCUT2D eigenvalue weighted by molar-refractivity contribution is 0.592. The second-order valence-electron chi connectivity index (χ2n) is 4.40. The van der Waals surface area contributed by atoms with Crippen LogP contribution in [-0.4, -0.2) is 0 Å². The van der Waals surface area contributed by atoms with Gasteiger partial charge >= 0.3 is 0 Å². The van der Waals surface area contributed by atoms with E-state index < -0.39 is 11.6 Å². The highest BCUT2D eigenvalue weighted by molar-refractivity contribution is 9.10. The smallest absolute Gasteiger partial charge is 0.147 e. The van der Waals surface area contributed by atoms with E-state index in [2.05, 4.69) is 21.2 Å². The van der Waals surface area contributed by atoms with Crippen LogP contribution in [0, 0.1) is 17.5 Å². The molecule has 0 aromatic heterocycles. The first-order chi connectivity index (χ1) is 9.51. The Balaban J connectivity index is 2.26. The molecule has 2 aromatic rings. The number of anilines is 1. The average molecular weight is 344 g/mol. The van der Waals surface area contributed by atoms with Crippen LogP contribution in [0.2, 0.25) is 0 Å². The molecular formula is C15H13BrF3N. The third kappa shape index (κ3) is 3.33. The van der Waals surface area contributed by atoms with Crippen molar-refractivity contribution in [2.24, 2.45) is 0 Å². The van der Waals surface area contributed by atoms with Crippen molar-refractivity contribution in [3.63, 3.8) is 0 Å². The molecule has 0 aliphatic heterocycles. The molecular weight excluding hydrogens is 331 g/mol. The Morgan fingerprint density at radius 3 is 2.30 bits per heavy atom. The van der Waals surface area contributed by atoms with Crippen LogP contribution in [0.4, 0.5) is 18.9 Å². The van der Waals surface area contributed by atoms with Gasteiger partial charge in [-0.05, 0) is 46.1 Å². The van der Waals surface area contributed by atoms with Gasteiger partial charge in [-0.25, -0.2) is 13.2 Å². The maximum atomic E-state index is 13.8. The van der Waals surface area contributed by atoms with Crippen molar-refractivity contribution in [1.29, 1.82) is 0 Å². The molecule has 0 saturated heterocycles. The van der Waals surface area contributed by atoms with Crippen molar-refractivity contribution in [1.82, 2.24) is 0 Å². The van der Waals surface area contributed by atoms with E-state index >= 15 is 0 Å². The highest BCUT2D eigenvalue weighted by Gasteiger charge is 2.14. The van der Waals surface area contributed by atoms with Crippen LogP contribution in [0.5, 0.6) is 0 Å². The van der Waals surface area contributed by atoms with Crippen LogP contribution >= 0.6 is 15.9 Å². The second-order valence-corrected chi connectivity index (χ2v) is 5.26. The molecule has 0 spiro atoms. The first-order valence-electron chi connectivity index (χ1n) is 6.17. The monoisotopic (exact) mass is 343 g/mol. The molecule has 20 heavy (non-hydrogen) atoms. The van der Waals surface area contributed by atoms with Crippen molar-refractivity contribution < 1.29 is 13.2 Å². The molecule has 0 bridgehead atoms. The summed E-state index contributed by atoms with van der Waals surface area (Å²) in [6, 6.07) is 7.91. The van der Waals surface area contributed by atoms with E-state index in [-0.39, 0.29) is 22.0 Å². The van der Waals surface area contributed by atoms with E-state index in [1.165, 1.54) is 12.1 Å². The molecule has 0 saturated carbocycles. The summed E-state index contributed by atoms with van der Waals surface area (Å²) in [6.45, 7) is 1.91. The van der Waals surface area contributed by atoms with E-state index in [4.69, 9.17) is 0 Å². The van der Waals surface area contributed by atoms with Gasteiger partial charge in [0.1, 0.15) is 17.5 Å². The fourth-order valence-electron chi connectivity index (χ4n) is 1.94. The number of hydrogen-bond acceptors (Lipinski definition) is 1. The molecule has 1 N–H and O–H groups in total. The molecule has 106 valence electrons. The molecule has 0 radical (unpaired) electrons. The van der Waals surface area contributed by atoms with Gasteiger partial charge in [-0.2, -0.15) is 0 Å². The minimum atomic E-state index is -0.543. The number of rotatable bonds is 4. The van der Waals surface area contributed by atoms with Gasteiger partial charge in [0.15, 0.2) is 0 Å². The van der Waals surface area contributed by atoms with Gasteiger partial charge in [-0.15, -0.1) is 0 Å². The lowest BCUT2D eigenvalue weighted by atomic mass is 10.0. The molecule has 0 aliphatic rings. The largest absolute Gasteiger partial charge is 0.376 e. The molecule has 1 atom stereocenters. The lowest BCUT2D eigenvalue weighted by Crippen LogP contribution is -2.11. The maximum Gasteiger partial charge on any atom is 0.147 e. The lowest BCUT2D eigenvalue weighted by Gasteiger charge is -2.19. The summed E-state index contributed by atoms with van der Waals surface area (Å²) in [7, 11) is 0. The van der Waals surface area contributed by atoms with E-state index in [9.17, 15) is 13.2 Å². The Kier molecular flexibility index (Phi) is 4.70.